The predicted octanol–water partition coefficient (Wildman–Crippen LogP) is 3.96. The molecule has 5 aliphatic rings. The Morgan fingerprint density at radius 1 is 1.12 bits per heavy atom. The first kappa shape index (κ1) is 19.5. The minimum Gasteiger partial charge on any atom is -0.497 e. The summed E-state index contributed by atoms with van der Waals surface area (Å²) >= 11 is 0. The van der Waals surface area contributed by atoms with Gasteiger partial charge < -0.3 is 19.1 Å². The molecule has 6 atom stereocenters. The van der Waals surface area contributed by atoms with Gasteiger partial charge in [-0.2, -0.15) is 5.26 Å². The van der Waals surface area contributed by atoms with Crippen LogP contribution in [0.15, 0.2) is 48.2 Å². The number of piperidine rings is 1. The van der Waals surface area contributed by atoms with Crippen molar-refractivity contribution in [2.24, 2.45) is 11.3 Å². The van der Waals surface area contributed by atoms with Gasteiger partial charge in [-0.05, 0) is 61.7 Å². The molecule has 2 spiro atoms. The number of hydrogen-bond donors (Lipinski definition) is 0. The lowest BCUT2D eigenvalue weighted by Crippen LogP contribution is -2.74. The van der Waals surface area contributed by atoms with Crippen molar-refractivity contribution in [3.8, 4) is 17.6 Å². The van der Waals surface area contributed by atoms with Gasteiger partial charge in [-0.25, -0.2) is 0 Å². The van der Waals surface area contributed by atoms with Crippen molar-refractivity contribution in [3.63, 3.8) is 0 Å². The third-order valence-electron chi connectivity index (χ3n) is 9.59. The summed E-state index contributed by atoms with van der Waals surface area (Å²) in [6.07, 6.45) is 4.96. The van der Waals surface area contributed by atoms with Crippen LogP contribution < -0.4 is 9.47 Å². The molecular formula is C28H28N2O3. The monoisotopic (exact) mass is 440 g/mol. The number of hydrogen-bond acceptors (Lipinski definition) is 5. The van der Waals surface area contributed by atoms with Crippen molar-refractivity contribution in [2.75, 3.05) is 27.8 Å². The van der Waals surface area contributed by atoms with Gasteiger partial charge in [-0.1, -0.05) is 30.3 Å². The second-order valence-electron chi connectivity index (χ2n) is 10.4. The number of likely N-dealkylation sites (N-methyl/N-ethyl adjacent to an activating group) is 1. The maximum atomic E-state index is 10.5. The lowest BCUT2D eigenvalue weighted by atomic mass is 9.37. The molecule has 5 heteroatoms. The normalized spacial score (nSPS) is 37.0. The van der Waals surface area contributed by atoms with Crippen molar-refractivity contribution in [2.45, 2.75) is 42.7 Å². The zero-order valence-corrected chi connectivity index (χ0v) is 19.3. The number of benzene rings is 2. The molecule has 2 aromatic carbocycles. The van der Waals surface area contributed by atoms with Gasteiger partial charge >= 0.3 is 0 Å². The SMILES string of the molecule is COC1=C[C@H]2[C@H](C#N)c3ccccc3C[C@@]23[C@H]2Cc4ccc(OC)c5c4[C@@]3(CCN2C)[C@@H]1O5. The van der Waals surface area contributed by atoms with Gasteiger partial charge in [0.05, 0.1) is 31.6 Å². The Morgan fingerprint density at radius 2 is 1.97 bits per heavy atom. The summed E-state index contributed by atoms with van der Waals surface area (Å²) in [6, 6.07) is 15.9. The van der Waals surface area contributed by atoms with E-state index in [0.29, 0.717) is 6.04 Å². The zero-order chi connectivity index (χ0) is 22.5. The van der Waals surface area contributed by atoms with Crippen LogP contribution in [-0.2, 0) is 23.0 Å². The van der Waals surface area contributed by atoms with E-state index in [9.17, 15) is 5.26 Å². The summed E-state index contributed by atoms with van der Waals surface area (Å²) in [5, 5.41) is 10.5. The summed E-state index contributed by atoms with van der Waals surface area (Å²) in [5.74, 6) is 2.40. The Labute approximate surface area is 194 Å². The van der Waals surface area contributed by atoms with E-state index in [4.69, 9.17) is 14.2 Å². The van der Waals surface area contributed by atoms with E-state index in [0.717, 1.165) is 43.1 Å². The van der Waals surface area contributed by atoms with Gasteiger partial charge in [0.25, 0.3) is 0 Å². The molecule has 2 heterocycles. The molecule has 0 unspecified atom stereocenters. The first-order valence-corrected chi connectivity index (χ1v) is 11.9. The second-order valence-corrected chi connectivity index (χ2v) is 10.4. The first-order valence-electron chi connectivity index (χ1n) is 11.9. The number of likely N-dealkylation sites (tertiary alicyclic amines) is 1. The van der Waals surface area contributed by atoms with E-state index < -0.39 is 0 Å². The molecule has 1 fully saturated rings. The maximum absolute atomic E-state index is 10.5. The number of rotatable bonds is 2. The van der Waals surface area contributed by atoms with Crippen LogP contribution in [0.1, 0.15) is 34.6 Å². The van der Waals surface area contributed by atoms with Crippen molar-refractivity contribution < 1.29 is 14.2 Å². The quantitative estimate of drug-likeness (QED) is 0.708. The van der Waals surface area contributed by atoms with Crippen LogP contribution in [0.3, 0.4) is 0 Å². The Bertz CT molecular complexity index is 1260. The summed E-state index contributed by atoms with van der Waals surface area (Å²) < 4.78 is 18.6. The number of fused-ring (bicyclic) bond motifs is 1. The van der Waals surface area contributed by atoms with E-state index in [-0.39, 0.29) is 28.8 Å². The van der Waals surface area contributed by atoms with Gasteiger partial charge in [-0.15, -0.1) is 0 Å². The Morgan fingerprint density at radius 3 is 2.76 bits per heavy atom. The van der Waals surface area contributed by atoms with Gasteiger partial charge in [0.15, 0.2) is 17.6 Å². The van der Waals surface area contributed by atoms with E-state index in [1.165, 1.54) is 22.3 Å². The molecule has 0 amide bonds. The van der Waals surface area contributed by atoms with Crippen LogP contribution in [0.4, 0.5) is 0 Å². The number of nitriles is 1. The maximum Gasteiger partial charge on any atom is 0.166 e. The van der Waals surface area contributed by atoms with E-state index in [1.54, 1.807) is 14.2 Å². The minimum atomic E-state index is -0.241. The first-order chi connectivity index (χ1) is 16.1. The van der Waals surface area contributed by atoms with Crippen LogP contribution in [0.25, 0.3) is 0 Å². The topological polar surface area (TPSA) is 54.7 Å². The van der Waals surface area contributed by atoms with Gasteiger partial charge in [0.2, 0.25) is 0 Å². The highest BCUT2D eigenvalue weighted by molar-refractivity contribution is 5.65. The Hall–Kier alpha value is -2.97. The smallest absolute Gasteiger partial charge is 0.166 e. The molecular weight excluding hydrogens is 412 g/mol. The summed E-state index contributed by atoms with van der Waals surface area (Å²) in [7, 11) is 5.73. The standard InChI is InChI=1S/C28H28N2O3/c1-30-11-10-27-24-16-8-9-21(31-2)25(24)33-26(27)22(32-3)13-20-19(15-29)18-7-5-4-6-17(18)14-28(20,27)23(30)12-16/h4-9,13,19-20,23,26H,10-12,14H2,1-3H3/t19-,20+,23-,26-,27+,28+/m1/s1. The molecule has 168 valence electrons. The van der Waals surface area contributed by atoms with Crippen molar-refractivity contribution in [1.29, 1.82) is 5.26 Å². The lowest BCUT2D eigenvalue weighted by Gasteiger charge is -2.68. The Kier molecular flexibility index (Phi) is 3.74. The van der Waals surface area contributed by atoms with E-state index >= 15 is 0 Å². The van der Waals surface area contributed by atoms with Crippen LogP contribution >= 0.6 is 0 Å². The summed E-state index contributed by atoms with van der Waals surface area (Å²) in [4.78, 5) is 2.55. The third-order valence-corrected chi connectivity index (χ3v) is 9.59. The molecule has 0 radical (unpaired) electrons. The number of ether oxygens (including phenoxy) is 3. The number of methoxy groups -OCH3 is 2. The fraction of sp³-hybridized carbons (Fsp3) is 0.464. The summed E-state index contributed by atoms with van der Waals surface area (Å²) in [6.45, 7) is 1.00. The highest BCUT2D eigenvalue weighted by Gasteiger charge is 2.75. The van der Waals surface area contributed by atoms with E-state index in [1.807, 2.05) is 0 Å². The van der Waals surface area contributed by atoms with Crippen molar-refractivity contribution in [1.82, 2.24) is 4.90 Å². The average Bonchev–Trinajstić information content (AvgIpc) is 3.19. The molecule has 0 N–H and O–H groups in total. The average molecular weight is 441 g/mol. The third kappa shape index (κ3) is 2.00. The highest BCUT2D eigenvalue weighted by atomic mass is 16.6. The predicted molar refractivity (Wildman–Crippen MR) is 123 cm³/mol. The fourth-order valence-corrected chi connectivity index (χ4v) is 8.45. The van der Waals surface area contributed by atoms with Crippen molar-refractivity contribution >= 4 is 0 Å². The molecule has 1 saturated heterocycles. The molecule has 2 bridgehead atoms. The molecule has 33 heavy (non-hydrogen) atoms. The van der Waals surface area contributed by atoms with Crippen LogP contribution in [0.5, 0.6) is 11.5 Å². The minimum absolute atomic E-state index is 0.0604. The van der Waals surface area contributed by atoms with Gasteiger partial charge in [-0.3, -0.25) is 0 Å². The molecule has 0 saturated carbocycles. The molecule has 3 aliphatic carbocycles. The van der Waals surface area contributed by atoms with Crippen LogP contribution in [0.2, 0.25) is 0 Å². The second kappa shape index (κ2) is 6.33. The van der Waals surface area contributed by atoms with E-state index in [2.05, 4.69) is 60.5 Å². The van der Waals surface area contributed by atoms with Crippen LogP contribution in [0, 0.1) is 22.7 Å². The molecule has 7 rings (SSSR count). The summed E-state index contributed by atoms with van der Waals surface area (Å²) in [5.41, 5.74) is 4.78. The van der Waals surface area contributed by atoms with Crippen LogP contribution in [-0.4, -0.2) is 44.9 Å². The molecule has 5 nitrogen and oxygen atoms in total. The number of allylic oxidation sites excluding steroid dienone is 1. The highest BCUT2D eigenvalue weighted by Crippen LogP contribution is 2.73. The largest absolute Gasteiger partial charge is 0.497 e. The molecule has 2 aromatic rings. The lowest BCUT2D eigenvalue weighted by molar-refractivity contribution is -0.132. The Balaban J connectivity index is 1.61. The molecule has 2 aliphatic heterocycles. The number of nitrogens with zero attached hydrogens (tertiary/aromatic N) is 2. The zero-order valence-electron chi connectivity index (χ0n) is 19.3. The van der Waals surface area contributed by atoms with Gasteiger partial charge in [0, 0.05) is 22.9 Å². The van der Waals surface area contributed by atoms with Crippen molar-refractivity contribution in [3.05, 3.63) is 70.5 Å². The fourth-order valence-electron chi connectivity index (χ4n) is 8.45. The van der Waals surface area contributed by atoms with Gasteiger partial charge in [0.1, 0.15) is 5.76 Å². The molecule has 0 aromatic heterocycles.